The van der Waals surface area contributed by atoms with Crippen molar-refractivity contribution in [2.75, 3.05) is 0 Å². The third-order valence-electron chi connectivity index (χ3n) is 1.81. The minimum absolute atomic E-state index is 0.160. The van der Waals surface area contributed by atoms with Gasteiger partial charge in [-0.2, -0.15) is 0 Å². The maximum atomic E-state index is 12.7. The number of aryl methyl sites for hydroxylation is 1. The lowest BCUT2D eigenvalue weighted by atomic mass is 10.0. The maximum Gasteiger partial charge on any atom is 0.123 e. The first-order valence-corrected chi connectivity index (χ1v) is 4.34. The second kappa shape index (κ2) is 4.24. The summed E-state index contributed by atoms with van der Waals surface area (Å²) in [6, 6.07) is 7.66. The number of benzene rings is 1. The Hall–Kier alpha value is -0.850. The van der Waals surface area contributed by atoms with Gasteiger partial charge in [0, 0.05) is 0 Å². The third-order valence-corrected chi connectivity index (χ3v) is 1.81. The summed E-state index contributed by atoms with van der Waals surface area (Å²) >= 11 is 0. The topological polar surface area (TPSA) is 0 Å². The molecule has 0 saturated heterocycles. The van der Waals surface area contributed by atoms with E-state index in [9.17, 15) is 4.39 Å². The van der Waals surface area contributed by atoms with Crippen LogP contribution in [-0.2, 0) is 6.42 Å². The standard InChI is InChI=1S/C11H14F/c1-9(2)6-7-10-4-3-5-11(12)8-10/h3,5,8-9H,6-7H2,1-2H3. The monoisotopic (exact) mass is 165 g/mol. The molecule has 0 aliphatic carbocycles. The number of halogens is 1. The van der Waals surface area contributed by atoms with E-state index in [1.165, 1.54) is 6.07 Å². The van der Waals surface area contributed by atoms with Crippen molar-refractivity contribution in [3.05, 3.63) is 35.6 Å². The Bertz CT molecular complexity index is 241. The Morgan fingerprint density at radius 3 is 2.83 bits per heavy atom. The number of rotatable bonds is 3. The van der Waals surface area contributed by atoms with Crippen molar-refractivity contribution in [3.8, 4) is 0 Å². The highest BCUT2D eigenvalue weighted by Gasteiger charge is 1.97. The van der Waals surface area contributed by atoms with Gasteiger partial charge in [0.1, 0.15) is 5.82 Å². The lowest BCUT2D eigenvalue weighted by Crippen LogP contribution is -1.92. The van der Waals surface area contributed by atoms with Crippen molar-refractivity contribution in [2.24, 2.45) is 5.92 Å². The molecular formula is C11H14F. The second-order valence-corrected chi connectivity index (χ2v) is 3.46. The Kier molecular flexibility index (Phi) is 3.27. The smallest absolute Gasteiger partial charge is 0.123 e. The van der Waals surface area contributed by atoms with E-state index in [4.69, 9.17) is 0 Å². The van der Waals surface area contributed by atoms with E-state index in [2.05, 4.69) is 19.9 Å². The molecule has 0 aliphatic heterocycles. The van der Waals surface area contributed by atoms with Crippen LogP contribution in [0, 0.1) is 17.8 Å². The summed E-state index contributed by atoms with van der Waals surface area (Å²) in [6.07, 6.45) is 2.02. The zero-order valence-electron chi connectivity index (χ0n) is 7.60. The molecule has 0 spiro atoms. The second-order valence-electron chi connectivity index (χ2n) is 3.46. The first-order valence-electron chi connectivity index (χ1n) is 4.34. The van der Waals surface area contributed by atoms with E-state index < -0.39 is 0 Å². The fourth-order valence-electron chi connectivity index (χ4n) is 1.07. The molecule has 0 fully saturated rings. The van der Waals surface area contributed by atoms with Crippen molar-refractivity contribution >= 4 is 0 Å². The van der Waals surface area contributed by atoms with Gasteiger partial charge in [-0.3, -0.25) is 0 Å². The molecule has 12 heavy (non-hydrogen) atoms. The molecule has 1 aromatic carbocycles. The molecule has 0 heterocycles. The molecule has 1 aromatic rings. The van der Waals surface area contributed by atoms with Gasteiger partial charge in [-0.05, 0) is 42.5 Å². The van der Waals surface area contributed by atoms with E-state index in [1.54, 1.807) is 12.1 Å². The Morgan fingerprint density at radius 2 is 2.25 bits per heavy atom. The molecule has 0 N–H and O–H groups in total. The largest absolute Gasteiger partial charge is 0.207 e. The lowest BCUT2D eigenvalue weighted by Gasteiger charge is -2.03. The molecule has 0 bridgehead atoms. The number of hydrogen-bond donors (Lipinski definition) is 0. The molecule has 0 amide bonds. The molecule has 0 nitrogen and oxygen atoms in total. The van der Waals surface area contributed by atoms with E-state index in [1.807, 2.05) is 0 Å². The van der Waals surface area contributed by atoms with Crippen LogP contribution in [0.2, 0.25) is 0 Å². The summed E-state index contributed by atoms with van der Waals surface area (Å²) in [4.78, 5) is 0. The van der Waals surface area contributed by atoms with E-state index in [0.29, 0.717) is 5.92 Å². The van der Waals surface area contributed by atoms with Gasteiger partial charge in [-0.15, -0.1) is 0 Å². The average molecular weight is 165 g/mol. The highest BCUT2D eigenvalue weighted by molar-refractivity contribution is 5.14. The van der Waals surface area contributed by atoms with E-state index in [-0.39, 0.29) is 5.82 Å². The molecule has 0 unspecified atom stereocenters. The van der Waals surface area contributed by atoms with Crippen LogP contribution in [0.1, 0.15) is 25.8 Å². The zero-order chi connectivity index (χ0) is 8.97. The molecule has 1 radical (unpaired) electrons. The van der Waals surface area contributed by atoms with Gasteiger partial charge in [-0.1, -0.05) is 19.9 Å². The summed E-state index contributed by atoms with van der Waals surface area (Å²) in [5, 5.41) is 0. The molecule has 0 aliphatic rings. The van der Waals surface area contributed by atoms with Crippen molar-refractivity contribution in [1.82, 2.24) is 0 Å². The SMILES string of the molecule is CC(C)CCc1[c]ccc(F)c1. The molecule has 1 rings (SSSR count). The molecule has 1 heteroatoms. The molecule has 0 atom stereocenters. The Labute approximate surface area is 73.4 Å². The van der Waals surface area contributed by atoms with Gasteiger partial charge in [-0.25, -0.2) is 4.39 Å². The predicted octanol–water partition coefficient (Wildman–Crippen LogP) is 3.21. The van der Waals surface area contributed by atoms with Crippen LogP contribution < -0.4 is 0 Å². The van der Waals surface area contributed by atoms with Crippen molar-refractivity contribution in [3.63, 3.8) is 0 Å². The maximum absolute atomic E-state index is 12.7. The quantitative estimate of drug-likeness (QED) is 0.645. The molecule has 65 valence electrons. The van der Waals surface area contributed by atoms with Gasteiger partial charge in [0.05, 0.1) is 0 Å². The Morgan fingerprint density at radius 1 is 1.50 bits per heavy atom. The summed E-state index contributed by atoms with van der Waals surface area (Å²) in [7, 11) is 0. The highest BCUT2D eigenvalue weighted by atomic mass is 19.1. The Balaban J connectivity index is 2.52. The highest BCUT2D eigenvalue weighted by Crippen LogP contribution is 2.09. The van der Waals surface area contributed by atoms with E-state index in [0.717, 1.165) is 18.4 Å². The van der Waals surface area contributed by atoms with E-state index >= 15 is 0 Å². The van der Waals surface area contributed by atoms with Crippen molar-refractivity contribution < 1.29 is 4.39 Å². The molecular weight excluding hydrogens is 151 g/mol. The predicted molar refractivity (Wildman–Crippen MR) is 48.4 cm³/mol. The van der Waals surface area contributed by atoms with Gasteiger partial charge in [0.2, 0.25) is 0 Å². The minimum atomic E-state index is -0.160. The number of hydrogen-bond acceptors (Lipinski definition) is 0. The molecule has 0 aromatic heterocycles. The van der Waals surface area contributed by atoms with Gasteiger partial charge < -0.3 is 0 Å². The summed E-state index contributed by atoms with van der Waals surface area (Å²) < 4.78 is 12.7. The first kappa shape index (κ1) is 9.24. The normalized spacial score (nSPS) is 10.7. The lowest BCUT2D eigenvalue weighted by molar-refractivity contribution is 0.581. The van der Waals surface area contributed by atoms with Gasteiger partial charge >= 0.3 is 0 Å². The summed E-state index contributed by atoms with van der Waals surface area (Å²) in [6.45, 7) is 4.33. The van der Waals surface area contributed by atoms with Crippen LogP contribution in [0.25, 0.3) is 0 Å². The third kappa shape index (κ3) is 3.04. The summed E-state index contributed by atoms with van der Waals surface area (Å²) in [5.41, 5.74) is 0.976. The van der Waals surface area contributed by atoms with Crippen LogP contribution in [-0.4, -0.2) is 0 Å². The average Bonchev–Trinajstić information content (AvgIpc) is 2.01. The van der Waals surface area contributed by atoms with Crippen LogP contribution in [0.3, 0.4) is 0 Å². The fourth-order valence-corrected chi connectivity index (χ4v) is 1.07. The van der Waals surface area contributed by atoms with Crippen molar-refractivity contribution in [1.29, 1.82) is 0 Å². The van der Waals surface area contributed by atoms with Gasteiger partial charge in [0.25, 0.3) is 0 Å². The minimum Gasteiger partial charge on any atom is -0.207 e. The van der Waals surface area contributed by atoms with Gasteiger partial charge in [0.15, 0.2) is 0 Å². The van der Waals surface area contributed by atoms with Crippen molar-refractivity contribution in [2.45, 2.75) is 26.7 Å². The van der Waals surface area contributed by atoms with Crippen LogP contribution in [0.4, 0.5) is 4.39 Å². The van der Waals surface area contributed by atoms with Crippen LogP contribution in [0.5, 0.6) is 0 Å². The fraction of sp³-hybridized carbons (Fsp3) is 0.455. The first-order chi connectivity index (χ1) is 5.68. The zero-order valence-corrected chi connectivity index (χ0v) is 7.60. The van der Waals surface area contributed by atoms with Crippen LogP contribution in [0.15, 0.2) is 18.2 Å². The molecule has 0 saturated carbocycles. The van der Waals surface area contributed by atoms with Crippen LogP contribution >= 0.6 is 0 Å². The summed E-state index contributed by atoms with van der Waals surface area (Å²) in [5.74, 6) is 0.508.